The summed E-state index contributed by atoms with van der Waals surface area (Å²) in [6.07, 6.45) is 3.20. The molecular formula is C13H15NO3. The molecule has 0 amide bonds. The molecule has 2 aliphatic heterocycles. The van der Waals surface area contributed by atoms with Gasteiger partial charge in [0.25, 0.3) is 0 Å². The topological polar surface area (TPSA) is 47.6 Å². The van der Waals surface area contributed by atoms with Gasteiger partial charge < -0.3 is 14.8 Å². The minimum absolute atomic E-state index is 0.0379. The van der Waals surface area contributed by atoms with E-state index in [9.17, 15) is 4.79 Å². The van der Waals surface area contributed by atoms with Gasteiger partial charge in [0.05, 0.1) is 6.04 Å². The highest BCUT2D eigenvalue weighted by Crippen LogP contribution is 2.33. The number of nitrogens with one attached hydrogen (secondary N) is 1. The number of carbonyl (C=O) groups is 1. The number of ketones is 1. The molecule has 2 heterocycles. The van der Waals surface area contributed by atoms with Gasteiger partial charge in [-0.1, -0.05) is 6.42 Å². The zero-order valence-corrected chi connectivity index (χ0v) is 9.57. The lowest BCUT2D eigenvalue weighted by Gasteiger charge is -2.22. The first-order chi connectivity index (χ1) is 8.34. The van der Waals surface area contributed by atoms with E-state index in [-0.39, 0.29) is 18.6 Å². The zero-order chi connectivity index (χ0) is 11.7. The van der Waals surface area contributed by atoms with E-state index < -0.39 is 0 Å². The molecule has 0 aliphatic carbocycles. The highest BCUT2D eigenvalue weighted by Gasteiger charge is 2.23. The van der Waals surface area contributed by atoms with Gasteiger partial charge in [-0.15, -0.1) is 0 Å². The van der Waals surface area contributed by atoms with E-state index >= 15 is 0 Å². The van der Waals surface area contributed by atoms with E-state index in [4.69, 9.17) is 9.47 Å². The highest BCUT2D eigenvalue weighted by atomic mass is 16.7. The van der Waals surface area contributed by atoms with Gasteiger partial charge in [-0.05, 0) is 37.6 Å². The van der Waals surface area contributed by atoms with E-state index in [1.165, 1.54) is 0 Å². The van der Waals surface area contributed by atoms with Crippen LogP contribution in [-0.4, -0.2) is 25.2 Å². The van der Waals surface area contributed by atoms with Crippen LogP contribution in [0.4, 0.5) is 0 Å². The lowest BCUT2D eigenvalue weighted by Crippen LogP contribution is -2.40. The standard InChI is InChI=1S/C13H15NO3/c15-13(10-3-1-2-6-14-10)9-4-5-11-12(7-9)17-8-16-11/h4-5,7,10,14H,1-3,6,8H2. The van der Waals surface area contributed by atoms with Crippen molar-refractivity contribution in [3.63, 3.8) is 0 Å². The van der Waals surface area contributed by atoms with Gasteiger partial charge in [-0.2, -0.15) is 0 Å². The van der Waals surface area contributed by atoms with Crippen LogP contribution in [0.1, 0.15) is 29.6 Å². The molecule has 4 nitrogen and oxygen atoms in total. The smallest absolute Gasteiger partial charge is 0.231 e. The average Bonchev–Trinajstić information content (AvgIpc) is 2.86. The van der Waals surface area contributed by atoms with Gasteiger partial charge in [-0.25, -0.2) is 0 Å². The molecule has 0 aromatic heterocycles. The van der Waals surface area contributed by atoms with Crippen molar-refractivity contribution in [2.45, 2.75) is 25.3 Å². The Morgan fingerprint density at radius 3 is 2.94 bits per heavy atom. The van der Waals surface area contributed by atoms with Crippen LogP contribution in [0.3, 0.4) is 0 Å². The maximum absolute atomic E-state index is 12.2. The van der Waals surface area contributed by atoms with Crippen molar-refractivity contribution in [1.29, 1.82) is 0 Å². The normalized spacial score (nSPS) is 22.5. The van der Waals surface area contributed by atoms with E-state index in [2.05, 4.69) is 5.32 Å². The van der Waals surface area contributed by atoms with Gasteiger partial charge in [0.2, 0.25) is 6.79 Å². The van der Waals surface area contributed by atoms with Gasteiger partial charge in [0.1, 0.15) is 0 Å². The van der Waals surface area contributed by atoms with E-state index in [1.807, 2.05) is 6.07 Å². The summed E-state index contributed by atoms with van der Waals surface area (Å²) in [5.74, 6) is 1.55. The second-order valence-corrected chi connectivity index (χ2v) is 4.43. The molecule has 0 bridgehead atoms. The van der Waals surface area contributed by atoms with Crippen LogP contribution >= 0.6 is 0 Å². The van der Waals surface area contributed by atoms with Gasteiger partial charge in [0, 0.05) is 5.56 Å². The molecule has 1 N–H and O–H groups in total. The second kappa shape index (κ2) is 4.37. The fourth-order valence-electron chi connectivity index (χ4n) is 2.33. The zero-order valence-electron chi connectivity index (χ0n) is 9.57. The Hall–Kier alpha value is -1.55. The monoisotopic (exact) mass is 233 g/mol. The SMILES string of the molecule is O=C(c1ccc2c(c1)OCO2)C1CCCCN1. The highest BCUT2D eigenvalue weighted by molar-refractivity contribution is 6.00. The number of rotatable bonds is 2. The first-order valence-corrected chi connectivity index (χ1v) is 6.02. The number of hydrogen-bond donors (Lipinski definition) is 1. The minimum Gasteiger partial charge on any atom is -0.454 e. The van der Waals surface area contributed by atoms with Crippen LogP contribution in [0.15, 0.2) is 18.2 Å². The number of Topliss-reactive ketones (excluding diaryl/α,β-unsaturated/α-hetero) is 1. The Labute approximate surface area is 99.9 Å². The van der Waals surface area contributed by atoms with Crippen molar-refractivity contribution < 1.29 is 14.3 Å². The molecule has 1 saturated heterocycles. The van der Waals surface area contributed by atoms with E-state index in [0.29, 0.717) is 11.3 Å². The van der Waals surface area contributed by atoms with Crippen molar-refractivity contribution in [2.75, 3.05) is 13.3 Å². The molecule has 0 radical (unpaired) electrons. The molecule has 1 fully saturated rings. The van der Waals surface area contributed by atoms with Gasteiger partial charge >= 0.3 is 0 Å². The van der Waals surface area contributed by atoms with Crippen LogP contribution < -0.4 is 14.8 Å². The Kier molecular flexibility index (Phi) is 2.73. The predicted molar refractivity (Wildman–Crippen MR) is 62.5 cm³/mol. The second-order valence-electron chi connectivity index (χ2n) is 4.43. The van der Waals surface area contributed by atoms with Crippen molar-refractivity contribution >= 4 is 5.78 Å². The van der Waals surface area contributed by atoms with Crippen molar-refractivity contribution in [3.05, 3.63) is 23.8 Å². The largest absolute Gasteiger partial charge is 0.454 e. The molecule has 1 unspecified atom stereocenters. The molecule has 1 atom stereocenters. The summed E-state index contributed by atoms with van der Waals surface area (Å²) in [4.78, 5) is 12.2. The average molecular weight is 233 g/mol. The van der Waals surface area contributed by atoms with Gasteiger partial charge in [0.15, 0.2) is 17.3 Å². The third-order valence-electron chi connectivity index (χ3n) is 3.28. The Bertz CT molecular complexity index is 438. The molecule has 90 valence electrons. The molecule has 1 aromatic rings. The number of benzene rings is 1. The lowest BCUT2D eigenvalue weighted by molar-refractivity contribution is 0.0926. The predicted octanol–water partition coefficient (Wildman–Crippen LogP) is 1.74. The summed E-state index contributed by atoms with van der Waals surface area (Å²) < 4.78 is 10.5. The summed E-state index contributed by atoms with van der Waals surface area (Å²) in [6.45, 7) is 1.18. The number of carbonyl (C=O) groups excluding carboxylic acids is 1. The quantitative estimate of drug-likeness (QED) is 0.790. The fraction of sp³-hybridized carbons (Fsp3) is 0.462. The molecule has 0 saturated carbocycles. The Morgan fingerprint density at radius 2 is 2.12 bits per heavy atom. The third kappa shape index (κ3) is 2.00. The number of piperidine rings is 1. The number of ether oxygens (including phenoxy) is 2. The third-order valence-corrected chi connectivity index (χ3v) is 3.28. The lowest BCUT2D eigenvalue weighted by atomic mass is 9.96. The molecule has 2 aliphatic rings. The molecule has 17 heavy (non-hydrogen) atoms. The first kappa shape index (κ1) is 10.6. The molecular weight excluding hydrogens is 218 g/mol. The van der Waals surface area contributed by atoms with Crippen LogP contribution in [0, 0.1) is 0 Å². The number of fused-ring (bicyclic) bond motifs is 1. The molecule has 4 heteroatoms. The molecule has 3 rings (SSSR count). The van der Waals surface area contributed by atoms with E-state index in [0.717, 1.165) is 31.6 Å². The van der Waals surface area contributed by atoms with Crippen molar-refractivity contribution in [3.8, 4) is 11.5 Å². The van der Waals surface area contributed by atoms with Gasteiger partial charge in [-0.3, -0.25) is 4.79 Å². The van der Waals surface area contributed by atoms with Crippen LogP contribution in [-0.2, 0) is 0 Å². The summed E-state index contributed by atoms with van der Waals surface area (Å²) in [5, 5.41) is 3.26. The Balaban J connectivity index is 1.81. The summed E-state index contributed by atoms with van der Waals surface area (Å²) in [6, 6.07) is 5.36. The van der Waals surface area contributed by atoms with Crippen molar-refractivity contribution in [1.82, 2.24) is 5.32 Å². The van der Waals surface area contributed by atoms with Crippen LogP contribution in [0.25, 0.3) is 0 Å². The fourth-order valence-corrected chi connectivity index (χ4v) is 2.33. The summed E-state index contributed by atoms with van der Waals surface area (Å²) >= 11 is 0. The van der Waals surface area contributed by atoms with Crippen molar-refractivity contribution in [2.24, 2.45) is 0 Å². The molecule has 0 spiro atoms. The summed E-state index contributed by atoms with van der Waals surface area (Å²) in [7, 11) is 0. The maximum atomic E-state index is 12.2. The maximum Gasteiger partial charge on any atom is 0.231 e. The molecule has 1 aromatic carbocycles. The van der Waals surface area contributed by atoms with Crippen LogP contribution in [0.2, 0.25) is 0 Å². The van der Waals surface area contributed by atoms with Crippen LogP contribution in [0.5, 0.6) is 11.5 Å². The summed E-state index contributed by atoms with van der Waals surface area (Å²) in [5.41, 5.74) is 0.702. The Morgan fingerprint density at radius 1 is 1.24 bits per heavy atom. The minimum atomic E-state index is -0.0379. The van der Waals surface area contributed by atoms with E-state index in [1.54, 1.807) is 12.1 Å². The first-order valence-electron chi connectivity index (χ1n) is 6.02. The number of hydrogen-bond acceptors (Lipinski definition) is 4.